The van der Waals surface area contributed by atoms with E-state index in [1.165, 1.54) is 31.5 Å². The molecule has 4 heteroatoms. The van der Waals surface area contributed by atoms with Gasteiger partial charge >= 0.3 is 5.97 Å². The van der Waals surface area contributed by atoms with Gasteiger partial charge in [-0.25, -0.2) is 0 Å². The van der Waals surface area contributed by atoms with Crippen molar-refractivity contribution in [2.45, 2.75) is 31.7 Å². The monoisotopic (exact) mass is 288 g/mol. The summed E-state index contributed by atoms with van der Waals surface area (Å²) in [5, 5.41) is 9.61. The van der Waals surface area contributed by atoms with Gasteiger partial charge in [-0.2, -0.15) is 0 Å². The summed E-state index contributed by atoms with van der Waals surface area (Å²) in [5.41, 5.74) is 2.18. The number of benzene rings is 1. The summed E-state index contributed by atoms with van der Waals surface area (Å²) in [6.07, 6.45) is 4.65. The molecule has 0 saturated carbocycles. The van der Waals surface area contributed by atoms with E-state index in [9.17, 15) is 9.90 Å². The zero-order valence-electron chi connectivity index (χ0n) is 12.5. The summed E-state index contributed by atoms with van der Waals surface area (Å²) in [7, 11) is 0. The molecule has 2 aliphatic heterocycles. The molecule has 0 aliphatic carbocycles. The lowest BCUT2D eigenvalue weighted by Gasteiger charge is -2.35. The van der Waals surface area contributed by atoms with Gasteiger partial charge in [0.15, 0.2) is 0 Å². The summed E-state index contributed by atoms with van der Waals surface area (Å²) in [6, 6.07) is 7.52. The van der Waals surface area contributed by atoms with Gasteiger partial charge in [0.05, 0.1) is 0 Å². The van der Waals surface area contributed by atoms with Crippen molar-refractivity contribution < 1.29 is 9.90 Å². The summed E-state index contributed by atoms with van der Waals surface area (Å²) in [6.45, 7) is 5.26. The van der Waals surface area contributed by atoms with E-state index < -0.39 is 12.0 Å². The second kappa shape index (κ2) is 6.58. The maximum Gasteiger partial charge on any atom is 0.325 e. The van der Waals surface area contributed by atoms with Crippen molar-refractivity contribution in [3.63, 3.8) is 0 Å². The van der Waals surface area contributed by atoms with E-state index in [1.807, 2.05) is 18.2 Å². The Morgan fingerprint density at radius 2 is 1.90 bits per heavy atom. The highest BCUT2D eigenvalue weighted by Crippen LogP contribution is 2.29. The molecule has 1 saturated heterocycles. The average molecular weight is 288 g/mol. The van der Waals surface area contributed by atoms with Crippen LogP contribution in [0.1, 0.15) is 36.4 Å². The predicted molar refractivity (Wildman–Crippen MR) is 82.4 cm³/mol. The molecule has 2 heterocycles. The number of nitrogens with zero attached hydrogens (tertiary/aromatic N) is 2. The van der Waals surface area contributed by atoms with Crippen LogP contribution >= 0.6 is 0 Å². The molecular weight excluding hydrogens is 264 g/mol. The van der Waals surface area contributed by atoms with Crippen LogP contribution in [-0.2, 0) is 11.2 Å². The molecule has 1 aromatic rings. The highest BCUT2D eigenvalue weighted by atomic mass is 16.4. The molecule has 4 nitrogen and oxygen atoms in total. The molecule has 0 radical (unpaired) electrons. The standard InChI is InChI=1S/C17H24N2O2/c20-17(21)16-15-7-2-1-6-14(15)8-13-19(16)12-5-11-18-9-3-4-10-18/h1-2,6-7,16H,3-5,8-13H2,(H,20,21). The first-order chi connectivity index (χ1) is 10.3. The van der Waals surface area contributed by atoms with Gasteiger partial charge < -0.3 is 10.0 Å². The zero-order chi connectivity index (χ0) is 14.7. The smallest absolute Gasteiger partial charge is 0.325 e. The second-order valence-corrected chi connectivity index (χ2v) is 6.13. The van der Waals surface area contributed by atoms with Crippen LogP contribution < -0.4 is 0 Å². The van der Waals surface area contributed by atoms with Gasteiger partial charge in [-0.15, -0.1) is 0 Å². The Labute approximate surface area is 126 Å². The summed E-state index contributed by atoms with van der Waals surface area (Å²) < 4.78 is 0. The molecule has 1 fully saturated rings. The van der Waals surface area contributed by atoms with E-state index in [0.29, 0.717) is 0 Å². The average Bonchev–Trinajstić information content (AvgIpc) is 3.00. The van der Waals surface area contributed by atoms with Gasteiger partial charge in [0.25, 0.3) is 0 Å². The van der Waals surface area contributed by atoms with Crippen molar-refractivity contribution in [3.05, 3.63) is 35.4 Å². The molecule has 114 valence electrons. The van der Waals surface area contributed by atoms with Gasteiger partial charge in [0, 0.05) is 13.1 Å². The first-order valence-corrected chi connectivity index (χ1v) is 8.03. The number of rotatable bonds is 5. The maximum atomic E-state index is 11.7. The number of aliphatic carboxylic acids is 1. The van der Waals surface area contributed by atoms with Crippen molar-refractivity contribution in [2.24, 2.45) is 0 Å². The summed E-state index contributed by atoms with van der Waals surface area (Å²) in [4.78, 5) is 16.3. The molecule has 1 aromatic carbocycles. The fourth-order valence-electron chi connectivity index (χ4n) is 3.65. The van der Waals surface area contributed by atoms with Crippen LogP contribution in [0.25, 0.3) is 0 Å². The molecule has 0 amide bonds. The number of hydrogen-bond acceptors (Lipinski definition) is 3. The number of carbonyl (C=O) groups is 1. The normalized spacial score (nSPS) is 23.1. The van der Waals surface area contributed by atoms with Crippen molar-refractivity contribution in [2.75, 3.05) is 32.7 Å². The third-order valence-electron chi connectivity index (χ3n) is 4.74. The number of likely N-dealkylation sites (tertiary alicyclic amines) is 1. The quantitative estimate of drug-likeness (QED) is 0.901. The molecule has 21 heavy (non-hydrogen) atoms. The SMILES string of the molecule is O=C(O)C1c2ccccc2CCN1CCCN1CCCC1. The van der Waals surface area contributed by atoms with E-state index in [4.69, 9.17) is 0 Å². The van der Waals surface area contributed by atoms with Crippen molar-refractivity contribution in [1.29, 1.82) is 0 Å². The van der Waals surface area contributed by atoms with E-state index in [-0.39, 0.29) is 0 Å². The van der Waals surface area contributed by atoms with Gasteiger partial charge in [0.1, 0.15) is 6.04 Å². The lowest BCUT2D eigenvalue weighted by molar-refractivity contribution is -0.144. The van der Waals surface area contributed by atoms with Crippen LogP contribution in [0.2, 0.25) is 0 Å². The van der Waals surface area contributed by atoms with E-state index in [1.54, 1.807) is 0 Å². The fourth-order valence-corrected chi connectivity index (χ4v) is 3.65. The molecule has 0 bridgehead atoms. The molecule has 0 spiro atoms. The molecule has 1 atom stereocenters. The topological polar surface area (TPSA) is 43.8 Å². The third kappa shape index (κ3) is 3.27. The first-order valence-electron chi connectivity index (χ1n) is 8.03. The third-order valence-corrected chi connectivity index (χ3v) is 4.74. The molecule has 2 aliphatic rings. The molecular formula is C17H24N2O2. The van der Waals surface area contributed by atoms with E-state index in [2.05, 4.69) is 15.9 Å². The second-order valence-electron chi connectivity index (χ2n) is 6.13. The molecule has 3 rings (SSSR count). The Morgan fingerprint density at radius 3 is 2.67 bits per heavy atom. The van der Waals surface area contributed by atoms with Gasteiger partial charge in [-0.3, -0.25) is 9.69 Å². The largest absolute Gasteiger partial charge is 0.480 e. The van der Waals surface area contributed by atoms with E-state index >= 15 is 0 Å². The maximum absolute atomic E-state index is 11.7. The van der Waals surface area contributed by atoms with Crippen LogP contribution in [0.15, 0.2) is 24.3 Å². The minimum Gasteiger partial charge on any atom is -0.480 e. The summed E-state index contributed by atoms with van der Waals surface area (Å²) >= 11 is 0. The summed E-state index contributed by atoms with van der Waals surface area (Å²) in [5.74, 6) is -0.719. The molecule has 1 N–H and O–H groups in total. The highest BCUT2D eigenvalue weighted by Gasteiger charge is 2.32. The number of carboxylic acid groups (broad SMARTS) is 1. The Balaban J connectivity index is 1.63. The Kier molecular flexibility index (Phi) is 4.56. The first kappa shape index (κ1) is 14.5. The van der Waals surface area contributed by atoms with Crippen LogP contribution in [0, 0.1) is 0 Å². The Morgan fingerprint density at radius 1 is 1.14 bits per heavy atom. The Hall–Kier alpha value is -1.39. The lowest BCUT2D eigenvalue weighted by atomic mass is 9.92. The molecule has 0 aromatic heterocycles. The zero-order valence-corrected chi connectivity index (χ0v) is 12.5. The van der Waals surface area contributed by atoms with Crippen molar-refractivity contribution in [1.82, 2.24) is 9.80 Å². The minimum absolute atomic E-state index is 0.464. The highest BCUT2D eigenvalue weighted by molar-refractivity contribution is 5.76. The van der Waals surface area contributed by atoms with E-state index in [0.717, 1.165) is 38.0 Å². The van der Waals surface area contributed by atoms with Crippen LogP contribution in [0.4, 0.5) is 0 Å². The van der Waals surface area contributed by atoms with Crippen molar-refractivity contribution >= 4 is 5.97 Å². The van der Waals surface area contributed by atoms with Gasteiger partial charge in [0.2, 0.25) is 0 Å². The fraction of sp³-hybridized carbons (Fsp3) is 0.588. The van der Waals surface area contributed by atoms with Crippen LogP contribution in [0.5, 0.6) is 0 Å². The van der Waals surface area contributed by atoms with Crippen LogP contribution in [0.3, 0.4) is 0 Å². The number of carboxylic acids is 1. The molecule has 1 unspecified atom stereocenters. The van der Waals surface area contributed by atoms with Gasteiger partial charge in [-0.05, 0) is 56.4 Å². The number of fused-ring (bicyclic) bond motifs is 1. The number of hydrogen-bond donors (Lipinski definition) is 1. The predicted octanol–water partition coefficient (Wildman–Crippen LogP) is 2.16. The van der Waals surface area contributed by atoms with Crippen LogP contribution in [-0.4, -0.2) is 53.6 Å². The lowest BCUT2D eigenvalue weighted by Crippen LogP contribution is -2.41. The van der Waals surface area contributed by atoms with Crippen molar-refractivity contribution in [3.8, 4) is 0 Å². The van der Waals surface area contributed by atoms with Gasteiger partial charge in [-0.1, -0.05) is 24.3 Å². The Bertz CT molecular complexity index is 497. The minimum atomic E-state index is -0.719.